The van der Waals surface area contributed by atoms with Gasteiger partial charge in [-0.25, -0.2) is 0 Å². The average Bonchev–Trinajstić information content (AvgIpc) is 3.56. The number of aromatic nitrogens is 3. The molecule has 46 heavy (non-hydrogen) atoms. The van der Waals surface area contributed by atoms with Crippen molar-refractivity contribution in [1.29, 1.82) is 0 Å². The number of fused-ring (bicyclic) bond motifs is 1. The van der Waals surface area contributed by atoms with E-state index in [9.17, 15) is 18.0 Å². The second-order valence-corrected chi connectivity index (χ2v) is 14.3. The maximum Gasteiger partial charge on any atom is 0.416 e. The summed E-state index contributed by atoms with van der Waals surface area (Å²) >= 11 is 0. The van der Waals surface area contributed by atoms with Crippen molar-refractivity contribution in [1.82, 2.24) is 14.8 Å². The fourth-order valence-corrected chi connectivity index (χ4v) is 8.84. The largest absolute Gasteiger partial charge is 0.416 e. The Kier molecular flexibility index (Phi) is 7.70. The Hall–Kier alpha value is -3.44. The van der Waals surface area contributed by atoms with Crippen LogP contribution in [0.25, 0.3) is 0 Å². The molecule has 1 aromatic heterocycles. The predicted octanol–water partition coefficient (Wildman–Crippen LogP) is 6.52. The van der Waals surface area contributed by atoms with Crippen LogP contribution in [-0.2, 0) is 41.1 Å². The van der Waals surface area contributed by atoms with Crippen LogP contribution in [0.4, 0.5) is 24.5 Å². The van der Waals surface area contributed by atoms with Gasteiger partial charge in [0.2, 0.25) is 0 Å². The molecule has 3 aromatic rings. The van der Waals surface area contributed by atoms with Crippen LogP contribution in [0.15, 0.2) is 42.7 Å². The lowest BCUT2D eigenvalue weighted by atomic mass is 9.57. The molecule has 246 valence electrons. The molecule has 11 heteroatoms. The minimum Gasteiger partial charge on any atom is -0.370 e. The molecule has 8 nitrogen and oxygen atoms in total. The van der Waals surface area contributed by atoms with E-state index < -0.39 is 11.7 Å². The highest BCUT2D eigenvalue weighted by molar-refractivity contribution is 6.11. The summed E-state index contributed by atoms with van der Waals surface area (Å²) in [7, 11) is 5.24. The topological polar surface area (TPSA) is 72.7 Å². The van der Waals surface area contributed by atoms with Crippen LogP contribution in [0, 0.1) is 17.3 Å². The average molecular weight is 638 g/mol. The molecule has 0 N–H and O–H groups in total. The Morgan fingerprint density at radius 3 is 2.37 bits per heavy atom. The molecule has 3 heterocycles. The van der Waals surface area contributed by atoms with Gasteiger partial charge in [-0.05, 0) is 79.8 Å². The summed E-state index contributed by atoms with van der Waals surface area (Å²) in [6.07, 6.45) is 3.43. The first kappa shape index (κ1) is 31.2. The number of anilines is 2. The van der Waals surface area contributed by atoms with E-state index in [4.69, 9.17) is 9.47 Å². The Morgan fingerprint density at radius 1 is 1.04 bits per heavy atom. The molecule has 7 rings (SSSR count). The number of alkyl halides is 3. The number of hydrogen-bond donors (Lipinski definition) is 0. The molecule has 2 aliphatic heterocycles. The molecule has 2 aliphatic carbocycles. The zero-order valence-electron chi connectivity index (χ0n) is 26.9. The lowest BCUT2D eigenvalue weighted by Crippen LogP contribution is -2.58. The predicted molar refractivity (Wildman–Crippen MR) is 168 cm³/mol. The Morgan fingerprint density at radius 2 is 1.76 bits per heavy atom. The second-order valence-electron chi connectivity index (χ2n) is 14.3. The van der Waals surface area contributed by atoms with Crippen molar-refractivity contribution in [3.8, 4) is 0 Å². The number of amides is 1. The van der Waals surface area contributed by atoms with E-state index in [1.165, 1.54) is 11.0 Å². The maximum atomic E-state index is 14.5. The summed E-state index contributed by atoms with van der Waals surface area (Å²) in [6, 6.07) is 10.7. The van der Waals surface area contributed by atoms with E-state index in [0.717, 1.165) is 49.9 Å². The zero-order chi connectivity index (χ0) is 32.4. The summed E-state index contributed by atoms with van der Waals surface area (Å²) in [5.74, 6) is 1.37. The molecule has 0 atom stereocenters. The van der Waals surface area contributed by atoms with Crippen LogP contribution in [0.1, 0.15) is 78.3 Å². The van der Waals surface area contributed by atoms with Crippen LogP contribution < -0.4 is 9.80 Å². The third-order valence-corrected chi connectivity index (χ3v) is 11.2. The van der Waals surface area contributed by atoms with E-state index in [1.807, 2.05) is 34.7 Å². The number of carbonyl (C=O) groups excluding carboxylic acids is 1. The monoisotopic (exact) mass is 637 g/mol. The number of halogens is 3. The second kappa shape index (κ2) is 11.4. The minimum absolute atomic E-state index is 0.0543. The van der Waals surface area contributed by atoms with Crippen molar-refractivity contribution in [2.75, 3.05) is 37.1 Å². The lowest BCUT2D eigenvalue weighted by molar-refractivity contribution is -0.150. The SMILES string of the molecule is COC(OC)C1CCC2(CC1)CN(c1cc3c(c(C(F)(F)F)c1)CN(c1cccc(C4(Cc5nncn5C)CC(C)C4)c1)C3=O)C2. The Balaban J connectivity index is 1.13. The minimum atomic E-state index is -4.57. The van der Waals surface area contributed by atoms with Gasteiger partial charge in [0.1, 0.15) is 12.2 Å². The van der Waals surface area contributed by atoms with Gasteiger partial charge in [0, 0.05) is 74.5 Å². The number of hydrogen-bond acceptors (Lipinski definition) is 6. The molecule has 1 spiro atoms. The first-order chi connectivity index (χ1) is 21.9. The van der Waals surface area contributed by atoms with Crippen molar-refractivity contribution in [2.24, 2.45) is 24.3 Å². The molecule has 0 bridgehead atoms. The molecule has 3 fully saturated rings. The lowest BCUT2D eigenvalue weighted by Gasteiger charge is -2.55. The van der Waals surface area contributed by atoms with Crippen molar-refractivity contribution in [3.63, 3.8) is 0 Å². The highest BCUT2D eigenvalue weighted by Gasteiger charge is 2.49. The Labute approximate surface area is 267 Å². The number of ether oxygens (including phenoxy) is 2. The van der Waals surface area contributed by atoms with Gasteiger partial charge in [0.05, 0.1) is 12.1 Å². The molecular weight excluding hydrogens is 595 g/mol. The van der Waals surface area contributed by atoms with Gasteiger partial charge in [-0.2, -0.15) is 13.2 Å². The molecule has 0 radical (unpaired) electrons. The summed E-state index contributed by atoms with van der Waals surface area (Å²) < 4.78 is 56.5. The van der Waals surface area contributed by atoms with Gasteiger partial charge >= 0.3 is 6.18 Å². The number of aryl methyl sites for hydroxylation is 1. The smallest absolute Gasteiger partial charge is 0.370 e. The highest BCUT2D eigenvalue weighted by atomic mass is 19.4. The van der Waals surface area contributed by atoms with Crippen molar-refractivity contribution < 1.29 is 27.4 Å². The van der Waals surface area contributed by atoms with Gasteiger partial charge in [-0.3, -0.25) is 4.79 Å². The third-order valence-electron chi connectivity index (χ3n) is 11.2. The fourth-order valence-electron chi connectivity index (χ4n) is 8.84. The number of rotatable bonds is 8. The maximum absolute atomic E-state index is 14.5. The molecule has 4 aliphatic rings. The zero-order valence-corrected chi connectivity index (χ0v) is 26.9. The summed E-state index contributed by atoms with van der Waals surface area (Å²) in [5, 5.41) is 8.36. The van der Waals surface area contributed by atoms with E-state index >= 15 is 0 Å². The first-order valence-electron chi connectivity index (χ1n) is 16.2. The third kappa shape index (κ3) is 5.29. The van der Waals surface area contributed by atoms with Crippen molar-refractivity contribution in [3.05, 3.63) is 70.8 Å². The van der Waals surface area contributed by atoms with E-state index in [1.54, 1.807) is 26.6 Å². The highest BCUT2D eigenvalue weighted by Crippen LogP contribution is 2.52. The molecule has 1 saturated heterocycles. The summed E-state index contributed by atoms with van der Waals surface area (Å²) in [6.45, 7) is 3.49. The molecule has 1 amide bonds. The first-order valence-corrected chi connectivity index (χ1v) is 16.2. The quantitative estimate of drug-likeness (QED) is 0.262. The number of benzene rings is 2. The van der Waals surface area contributed by atoms with Crippen LogP contribution in [0.2, 0.25) is 0 Å². The molecule has 2 aromatic carbocycles. The van der Waals surface area contributed by atoms with Gasteiger partial charge in [-0.1, -0.05) is 19.1 Å². The fraction of sp³-hybridized carbons (Fsp3) is 0.571. The van der Waals surface area contributed by atoms with Crippen LogP contribution in [0.3, 0.4) is 0 Å². The van der Waals surface area contributed by atoms with E-state index in [2.05, 4.69) is 23.2 Å². The molecule has 0 unspecified atom stereocenters. The van der Waals surface area contributed by atoms with Crippen LogP contribution in [0.5, 0.6) is 0 Å². The van der Waals surface area contributed by atoms with Crippen LogP contribution in [-0.4, -0.2) is 54.3 Å². The number of carbonyl (C=O) groups is 1. The molecule has 2 saturated carbocycles. The number of nitrogens with zero attached hydrogens (tertiary/aromatic N) is 5. The van der Waals surface area contributed by atoms with Gasteiger partial charge in [0.25, 0.3) is 5.91 Å². The van der Waals surface area contributed by atoms with Gasteiger partial charge in [0.15, 0.2) is 6.29 Å². The van der Waals surface area contributed by atoms with Crippen LogP contribution >= 0.6 is 0 Å². The number of methoxy groups -OCH3 is 2. The standard InChI is InChI=1S/C35H42F3N5O3/c1-22-15-34(16-22,17-30-40-39-21-41(30)2)24-6-5-7-25(12-24)43-18-28-27(31(43)44)13-26(14-29(28)35(36,37)38)42-19-33(20-42)10-8-23(9-11-33)32(45-3)46-4/h5-7,12-14,21-23,32H,8-11,15-20H2,1-4H3. The normalized spacial score (nSPS) is 24.4. The van der Waals surface area contributed by atoms with E-state index in [0.29, 0.717) is 42.7 Å². The van der Waals surface area contributed by atoms with Gasteiger partial charge < -0.3 is 23.8 Å². The molecular formula is C35H42F3N5O3. The Bertz CT molecular complexity index is 1610. The summed E-state index contributed by atoms with van der Waals surface area (Å²) in [4.78, 5) is 17.4. The van der Waals surface area contributed by atoms with Crippen molar-refractivity contribution in [2.45, 2.75) is 76.3 Å². The summed E-state index contributed by atoms with van der Waals surface area (Å²) in [5.41, 5.74) is 1.58. The van der Waals surface area contributed by atoms with Crippen molar-refractivity contribution >= 4 is 17.3 Å². The van der Waals surface area contributed by atoms with Gasteiger partial charge in [-0.15, -0.1) is 10.2 Å². The van der Waals surface area contributed by atoms with E-state index in [-0.39, 0.29) is 40.7 Å².